The van der Waals surface area contributed by atoms with Crippen LogP contribution in [0, 0.1) is 0 Å². The lowest BCUT2D eigenvalue weighted by Crippen LogP contribution is -2.25. The minimum atomic E-state index is -3.62. The van der Waals surface area contributed by atoms with Crippen LogP contribution < -0.4 is 24.2 Å². The van der Waals surface area contributed by atoms with Gasteiger partial charge in [-0.15, -0.1) is 0 Å². The van der Waals surface area contributed by atoms with Crippen LogP contribution in [0.1, 0.15) is 25.7 Å². The molecule has 3 rings (SSSR count). The molecule has 2 N–H and O–H groups in total. The third-order valence-corrected chi connectivity index (χ3v) is 6.04. The lowest BCUT2D eigenvalue weighted by Gasteiger charge is -2.18. The molecule has 0 fully saturated rings. The Balaban J connectivity index is 1.38. The highest BCUT2D eigenvalue weighted by Gasteiger charge is 2.19. The van der Waals surface area contributed by atoms with Crippen molar-refractivity contribution in [2.45, 2.75) is 30.6 Å². The molecular weight excluding hydrogens is 408 g/mol. The number of methoxy groups -OCH3 is 1. The number of ether oxygens (including phenoxy) is 3. The largest absolute Gasteiger partial charge is 0.495 e. The van der Waals surface area contributed by atoms with Crippen molar-refractivity contribution in [3.8, 4) is 17.2 Å². The number of carbonyl (C=O) groups excluding carboxylic acids is 1. The Kier molecular flexibility index (Phi) is 7.53. The van der Waals surface area contributed by atoms with Gasteiger partial charge in [-0.2, -0.15) is 0 Å². The molecule has 2 aromatic rings. The second-order valence-corrected chi connectivity index (χ2v) is 8.53. The monoisotopic (exact) mass is 434 g/mol. The van der Waals surface area contributed by atoms with E-state index in [1.165, 1.54) is 12.1 Å². The van der Waals surface area contributed by atoms with Crippen molar-refractivity contribution in [3.05, 3.63) is 42.5 Å². The molecule has 0 bridgehead atoms. The zero-order valence-corrected chi connectivity index (χ0v) is 17.7. The quantitative estimate of drug-likeness (QED) is 0.558. The van der Waals surface area contributed by atoms with Crippen LogP contribution in [0.25, 0.3) is 0 Å². The second kappa shape index (κ2) is 10.3. The Hall–Kier alpha value is -2.78. The topological polar surface area (TPSA) is 103 Å². The van der Waals surface area contributed by atoms with E-state index in [1.807, 2.05) is 12.1 Å². The summed E-state index contributed by atoms with van der Waals surface area (Å²) in [5.74, 6) is 1.49. The van der Waals surface area contributed by atoms with Gasteiger partial charge < -0.3 is 19.5 Å². The molecule has 9 heteroatoms. The second-order valence-electron chi connectivity index (χ2n) is 6.76. The number of para-hydroxylation sites is 2. The number of anilines is 1. The first-order valence-electron chi connectivity index (χ1n) is 9.82. The summed E-state index contributed by atoms with van der Waals surface area (Å²) in [7, 11) is -2.07. The van der Waals surface area contributed by atoms with Gasteiger partial charge in [-0.3, -0.25) is 4.79 Å². The number of hydrogen-bond acceptors (Lipinski definition) is 6. The highest BCUT2D eigenvalue weighted by molar-refractivity contribution is 7.89. The Morgan fingerprint density at radius 1 is 1.03 bits per heavy atom. The van der Waals surface area contributed by atoms with Crippen molar-refractivity contribution in [1.29, 1.82) is 0 Å². The molecule has 0 radical (unpaired) electrons. The third-order valence-electron chi connectivity index (χ3n) is 4.58. The zero-order valence-electron chi connectivity index (χ0n) is 16.8. The molecule has 1 heterocycles. The van der Waals surface area contributed by atoms with Crippen molar-refractivity contribution in [1.82, 2.24) is 4.72 Å². The number of sulfonamides is 1. The summed E-state index contributed by atoms with van der Waals surface area (Å²) in [6, 6.07) is 11.8. The molecule has 1 amide bonds. The summed E-state index contributed by atoms with van der Waals surface area (Å²) in [5, 5.41) is 2.83. The molecule has 0 spiro atoms. The van der Waals surface area contributed by atoms with E-state index in [1.54, 1.807) is 25.3 Å². The van der Waals surface area contributed by atoms with Gasteiger partial charge in [0.05, 0.1) is 17.7 Å². The third kappa shape index (κ3) is 5.87. The number of nitrogens with one attached hydrogen (secondary N) is 2. The van der Waals surface area contributed by atoms with Crippen LogP contribution in [0.15, 0.2) is 47.4 Å². The first kappa shape index (κ1) is 21.9. The van der Waals surface area contributed by atoms with Gasteiger partial charge in [-0.25, -0.2) is 13.1 Å². The number of amides is 1. The summed E-state index contributed by atoms with van der Waals surface area (Å²) in [5.41, 5.74) is 0.636. The van der Waals surface area contributed by atoms with E-state index in [0.29, 0.717) is 62.0 Å². The molecule has 8 nitrogen and oxygen atoms in total. The molecule has 1 aliphatic heterocycles. The van der Waals surface area contributed by atoms with E-state index < -0.39 is 10.0 Å². The number of fused-ring (bicyclic) bond motifs is 1. The number of benzene rings is 2. The van der Waals surface area contributed by atoms with E-state index in [4.69, 9.17) is 14.2 Å². The number of hydrogen-bond donors (Lipinski definition) is 2. The van der Waals surface area contributed by atoms with Crippen molar-refractivity contribution in [3.63, 3.8) is 0 Å². The van der Waals surface area contributed by atoms with Gasteiger partial charge in [0.2, 0.25) is 15.9 Å². The molecular formula is C21H26N2O6S. The number of unbranched alkanes of at least 4 members (excludes halogenated alkanes) is 2. The van der Waals surface area contributed by atoms with Crippen molar-refractivity contribution in [2.75, 3.05) is 32.2 Å². The van der Waals surface area contributed by atoms with Crippen LogP contribution in [0.2, 0.25) is 0 Å². The van der Waals surface area contributed by atoms with Crippen molar-refractivity contribution < 1.29 is 27.4 Å². The van der Waals surface area contributed by atoms with Crippen LogP contribution in [-0.4, -0.2) is 41.2 Å². The molecule has 0 aromatic heterocycles. The van der Waals surface area contributed by atoms with Crippen LogP contribution in [0.5, 0.6) is 17.2 Å². The van der Waals surface area contributed by atoms with Crippen molar-refractivity contribution >= 4 is 21.6 Å². The first-order chi connectivity index (χ1) is 14.5. The fourth-order valence-electron chi connectivity index (χ4n) is 3.03. The maximum absolute atomic E-state index is 12.4. The van der Waals surface area contributed by atoms with E-state index in [9.17, 15) is 13.2 Å². The fraction of sp³-hybridized carbons (Fsp3) is 0.381. The molecule has 0 aliphatic carbocycles. The predicted octanol–water partition coefficient (Wildman–Crippen LogP) is 2.94. The Bertz CT molecular complexity index is 977. The highest BCUT2D eigenvalue weighted by Crippen LogP contribution is 2.32. The molecule has 0 saturated carbocycles. The minimum absolute atomic E-state index is 0.101. The van der Waals surface area contributed by atoms with Crippen molar-refractivity contribution in [2.24, 2.45) is 0 Å². The Labute approximate surface area is 176 Å². The van der Waals surface area contributed by atoms with E-state index >= 15 is 0 Å². The van der Waals surface area contributed by atoms with Gasteiger partial charge >= 0.3 is 0 Å². The van der Waals surface area contributed by atoms with Crippen LogP contribution in [-0.2, 0) is 14.8 Å². The van der Waals surface area contributed by atoms with E-state index in [0.717, 1.165) is 6.42 Å². The maximum Gasteiger partial charge on any atom is 0.240 e. The lowest BCUT2D eigenvalue weighted by atomic mass is 10.2. The summed E-state index contributed by atoms with van der Waals surface area (Å²) >= 11 is 0. The summed E-state index contributed by atoms with van der Waals surface area (Å²) in [4.78, 5) is 12.2. The molecule has 162 valence electrons. The normalized spacial score (nSPS) is 13.0. The average Bonchev–Trinajstić information content (AvgIpc) is 2.76. The molecule has 0 atom stereocenters. The van der Waals surface area contributed by atoms with Gasteiger partial charge in [-0.1, -0.05) is 18.6 Å². The Morgan fingerprint density at radius 2 is 1.80 bits per heavy atom. The number of rotatable bonds is 10. The minimum Gasteiger partial charge on any atom is -0.495 e. The average molecular weight is 435 g/mol. The smallest absolute Gasteiger partial charge is 0.240 e. The highest BCUT2D eigenvalue weighted by atomic mass is 32.2. The molecule has 2 aromatic carbocycles. The summed E-state index contributed by atoms with van der Waals surface area (Å²) in [6.07, 6.45) is 2.37. The van der Waals surface area contributed by atoms with Gasteiger partial charge in [0, 0.05) is 19.0 Å². The van der Waals surface area contributed by atoms with Crippen LogP contribution in [0.4, 0.5) is 5.69 Å². The fourth-order valence-corrected chi connectivity index (χ4v) is 4.12. The number of carbonyl (C=O) groups is 1. The van der Waals surface area contributed by atoms with Crippen LogP contribution >= 0.6 is 0 Å². The van der Waals surface area contributed by atoms with Crippen LogP contribution in [0.3, 0.4) is 0 Å². The van der Waals surface area contributed by atoms with Gasteiger partial charge in [0.25, 0.3) is 0 Å². The molecule has 0 saturated heterocycles. The van der Waals surface area contributed by atoms with E-state index in [-0.39, 0.29) is 10.8 Å². The molecule has 0 unspecified atom stereocenters. The lowest BCUT2D eigenvalue weighted by molar-refractivity contribution is -0.116. The van der Waals surface area contributed by atoms with E-state index in [2.05, 4.69) is 10.0 Å². The summed E-state index contributed by atoms with van der Waals surface area (Å²) < 4.78 is 43.5. The SMILES string of the molecule is COc1ccccc1NC(=O)CCCCCNS(=O)(=O)c1ccc2c(c1)OCCO2. The van der Waals surface area contributed by atoms with Gasteiger partial charge in [0.15, 0.2) is 11.5 Å². The standard InChI is InChI=1S/C21H26N2O6S/c1-27-18-8-5-4-7-17(18)23-21(24)9-3-2-6-12-22-30(25,26)16-10-11-19-20(15-16)29-14-13-28-19/h4-5,7-8,10-11,15,22H,2-3,6,9,12-14H2,1H3,(H,23,24). The summed E-state index contributed by atoms with van der Waals surface area (Å²) in [6.45, 7) is 1.15. The molecule has 30 heavy (non-hydrogen) atoms. The predicted molar refractivity (Wildman–Crippen MR) is 113 cm³/mol. The first-order valence-corrected chi connectivity index (χ1v) is 11.3. The molecule has 1 aliphatic rings. The maximum atomic E-state index is 12.4. The van der Waals surface area contributed by atoms with Gasteiger partial charge in [0.1, 0.15) is 19.0 Å². The Morgan fingerprint density at radius 3 is 2.60 bits per heavy atom. The van der Waals surface area contributed by atoms with Gasteiger partial charge in [-0.05, 0) is 37.1 Å². The zero-order chi connectivity index (χ0) is 21.4.